The molecule has 0 unspecified atom stereocenters. The molecule has 6 heteroatoms. The summed E-state index contributed by atoms with van der Waals surface area (Å²) in [5, 5.41) is 7.11. The zero-order valence-corrected chi connectivity index (χ0v) is 10.5. The van der Waals surface area contributed by atoms with E-state index in [0.717, 1.165) is 17.2 Å². The molecule has 0 aromatic carbocycles. The number of aromatic nitrogens is 1. The van der Waals surface area contributed by atoms with Crippen molar-refractivity contribution < 1.29 is 8.94 Å². The molecule has 0 saturated carbocycles. The van der Waals surface area contributed by atoms with E-state index in [0.29, 0.717) is 13.1 Å². The number of aliphatic imine (C=N–C) groups is 1. The second-order valence-electron chi connectivity index (χ2n) is 3.88. The number of guanidine groups is 1. The molecule has 2 rings (SSSR count). The first kappa shape index (κ1) is 12.2. The fourth-order valence-electron chi connectivity index (χ4n) is 1.60. The number of hydrogen-bond acceptors (Lipinski definition) is 4. The highest BCUT2D eigenvalue weighted by atomic mass is 16.5. The smallest absolute Gasteiger partial charge is 0.194 e. The third-order valence-electron chi connectivity index (χ3n) is 2.49. The van der Waals surface area contributed by atoms with E-state index in [4.69, 9.17) is 8.94 Å². The van der Waals surface area contributed by atoms with E-state index < -0.39 is 0 Å². The van der Waals surface area contributed by atoms with Gasteiger partial charge in [-0.05, 0) is 6.07 Å². The summed E-state index contributed by atoms with van der Waals surface area (Å²) in [7, 11) is 3.69. The Morgan fingerprint density at radius 2 is 2.33 bits per heavy atom. The summed E-state index contributed by atoms with van der Waals surface area (Å²) in [4.78, 5) is 6.18. The van der Waals surface area contributed by atoms with Gasteiger partial charge in [0, 0.05) is 32.3 Å². The van der Waals surface area contributed by atoms with Crippen LogP contribution in [0.4, 0.5) is 0 Å². The fraction of sp³-hybridized carbons (Fsp3) is 0.333. The van der Waals surface area contributed by atoms with Crippen molar-refractivity contribution in [3.63, 3.8) is 0 Å². The Balaban J connectivity index is 1.88. The van der Waals surface area contributed by atoms with Crippen LogP contribution in [0.5, 0.6) is 0 Å². The summed E-state index contributed by atoms with van der Waals surface area (Å²) in [5.41, 5.74) is 1.94. The molecule has 0 amide bonds. The molecular formula is C12H16N4O2. The van der Waals surface area contributed by atoms with Gasteiger partial charge in [0.2, 0.25) is 0 Å². The molecule has 2 aromatic heterocycles. The maximum Gasteiger partial charge on any atom is 0.194 e. The molecule has 0 aliphatic heterocycles. The summed E-state index contributed by atoms with van der Waals surface area (Å²) in [6.45, 7) is 1.31. The van der Waals surface area contributed by atoms with Crippen LogP contribution in [0.3, 0.4) is 0 Å². The summed E-state index contributed by atoms with van der Waals surface area (Å²) in [5.74, 6) is 0.791. The van der Waals surface area contributed by atoms with Gasteiger partial charge in [-0.15, -0.1) is 0 Å². The van der Waals surface area contributed by atoms with Crippen molar-refractivity contribution in [3.8, 4) is 0 Å². The molecular weight excluding hydrogens is 232 g/mol. The van der Waals surface area contributed by atoms with E-state index in [1.807, 2.05) is 24.1 Å². The number of nitrogens with one attached hydrogen (secondary N) is 1. The summed E-state index contributed by atoms with van der Waals surface area (Å²) in [6, 6.07) is 3.75. The maximum absolute atomic E-state index is 5.01. The van der Waals surface area contributed by atoms with Crippen molar-refractivity contribution in [2.75, 3.05) is 14.1 Å². The highest BCUT2D eigenvalue weighted by Crippen LogP contribution is 2.02. The van der Waals surface area contributed by atoms with Crippen LogP contribution in [-0.4, -0.2) is 30.1 Å². The predicted octanol–water partition coefficient (Wildman–Crippen LogP) is 1.47. The highest BCUT2D eigenvalue weighted by Gasteiger charge is 2.08. The van der Waals surface area contributed by atoms with Gasteiger partial charge >= 0.3 is 0 Å². The maximum atomic E-state index is 5.01. The van der Waals surface area contributed by atoms with Crippen LogP contribution in [0, 0.1) is 0 Å². The summed E-state index contributed by atoms with van der Waals surface area (Å²) in [6.07, 6.45) is 4.92. The second-order valence-corrected chi connectivity index (χ2v) is 3.88. The van der Waals surface area contributed by atoms with Crippen molar-refractivity contribution in [3.05, 3.63) is 42.2 Å². The SMILES string of the molecule is CN=C(NCc1ccoc1)N(C)Cc1ccon1. The molecule has 2 aromatic rings. The molecule has 0 radical (unpaired) electrons. The van der Waals surface area contributed by atoms with Crippen molar-refractivity contribution >= 4 is 5.96 Å². The van der Waals surface area contributed by atoms with Gasteiger partial charge in [0.1, 0.15) is 12.0 Å². The molecule has 0 spiro atoms. The first-order valence-electron chi connectivity index (χ1n) is 5.61. The van der Waals surface area contributed by atoms with Gasteiger partial charge in [0.15, 0.2) is 5.96 Å². The molecule has 2 heterocycles. The van der Waals surface area contributed by atoms with Gasteiger partial charge in [-0.3, -0.25) is 4.99 Å². The molecule has 18 heavy (non-hydrogen) atoms. The van der Waals surface area contributed by atoms with Crippen LogP contribution in [-0.2, 0) is 13.1 Å². The molecule has 96 valence electrons. The monoisotopic (exact) mass is 248 g/mol. The first-order chi connectivity index (χ1) is 8.79. The van der Waals surface area contributed by atoms with Crippen LogP contribution in [0.2, 0.25) is 0 Å². The quantitative estimate of drug-likeness (QED) is 0.655. The van der Waals surface area contributed by atoms with Gasteiger partial charge in [0.25, 0.3) is 0 Å². The standard InChI is InChI=1S/C12H16N4O2/c1-13-12(14-7-10-3-5-17-9-10)16(2)8-11-4-6-18-15-11/h3-6,9H,7-8H2,1-2H3,(H,13,14). The minimum absolute atomic E-state index is 0.640. The first-order valence-corrected chi connectivity index (χ1v) is 5.61. The lowest BCUT2D eigenvalue weighted by Crippen LogP contribution is -2.38. The molecule has 0 fully saturated rings. The van der Waals surface area contributed by atoms with E-state index >= 15 is 0 Å². The second kappa shape index (κ2) is 5.90. The lowest BCUT2D eigenvalue weighted by molar-refractivity contribution is 0.391. The van der Waals surface area contributed by atoms with E-state index in [1.165, 1.54) is 0 Å². The zero-order valence-electron chi connectivity index (χ0n) is 10.5. The highest BCUT2D eigenvalue weighted by molar-refractivity contribution is 5.79. The fourth-order valence-corrected chi connectivity index (χ4v) is 1.60. The Labute approximate surface area is 105 Å². The van der Waals surface area contributed by atoms with Crippen LogP contribution >= 0.6 is 0 Å². The van der Waals surface area contributed by atoms with Gasteiger partial charge in [-0.25, -0.2) is 0 Å². The van der Waals surface area contributed by atoms with E-state index in [1.54, 1.807) is 25.8 Å². The van der Waals surface area contributed by atoms with E-state index in [9.17, 15) is 0 Å². The van der Waals surface area contributed by atoms with Gasteiger partial charge < -0.3 is 19.2 Å². The van der Waals surface area contributed by atoms with Gasteiger partial charge in [0.05, 0.1) is 19.1 Å². The lowest BCUT2D eigenvalue weighted by Gasteiger charge is -2.20. The van der Waals surface area contributed by atoms with Gasteiger partial charge in [-0.2, -0.15) is 0 Å². The van der Waals surface area contributed by atoms with Crippen LogP contribution in [0.25, 0.3) is 0 Å². The van der Waals surface area contributed by atoms with Crippen molar-refractivity contribution in [1.82, 2.24) is 15.4 Å². The topological polar surface area (TPSA) is 66.8 Å². The van der Waals surface area contributed by atoms with Crippen LogP contribution in [0.1, 0.15) is 11.3 Å². The molecule has 6 nitrogen and oxygen atoms in total. The third-order valence-corrected chi connectivity index (χ3v) is 2.49. The summed E-state index contributed by atoms with van der Waals surface area (Å²) >= 11 is 0. The van der Waals surface area contributed by atoms with Crippen LogP contribution in [0.15, 0.2) is 44.9 Å². The molecule has 0 aliphatic rings. The Morgan fingerprint density at radius 1 is 1.44 bits per heavy atom. The Morgan fingerprint density at radius 3 is 2.94 bits per heavy atom. The van der Waals surface area contributed by atoms with E-state index in [-0.39, 0.29) is 0 Å². The molecule has 0 bridgehead atoms. The molecule has 0 aliphatic carbocycles. The minimum atomic E-state index is 0.640. The minimum Gasteiger partial charge on any atom is -0.472 e. The predicted molar refractivity (Wildman–Crippen MR) is 66.9 cm³/mol. The van der Waals surface area contributed by atoms with Crippen molar-refractivity contribution in [1.29, 1.82) is 0 Å². The largest absolute Gasteiger partial charge is 0.472 e. The Hall–Kier alpha value is -2.24. The number of furan rings is 1. The number of nitrogens with zero attached hydrogens (tertiary/aromatic N) is 3. The summed E-state index contributed by atoms with van der Waals surface area (Å²) < 4.78 is 9.81. The van der Waals surface area contributed by atoms with Crippen LogP contribution < -0.4 is 5.32 Å². The average Bonchev–Trinajstić information content (AvgIpc) is 3.02. The Bertz CT molecular complexity index is 476. The Kier molecular flexibility index (Phi) is 4.01. The van der Waals surface area contributed by atoms with Gasteiger partial charge in [-0.1, -0.05) is 5.16 Å². The van der Waals surface area contributed by atoms with Crippen molar-refractivity contribution in [2.24, 2.45) is 4.99 Å². The van der Waals surface area contributed by atoms with E-state index in [2.05, 4.69) is 15.5 Å². The number of rotatable bonds is 4. The normalized spacial score (nSPS) is 11.6. The zero-order chi connectivity index (χ0) is 12.8. The average molecular weight is 248 g/mol. The number of hydrogen-bond donors (Lipinski definition) is 1. The molecule has 1 N–H and O–H groups in total. The molecule has 0 atom stereocenters. The third kappa shape index (κ3) is 3.13. The van der Waals surface area contributed by atoms with Crippen molar-refractivity contribution in [2.45, 2.75) is 13.1 Å². The molecule has 0 saturated heterocycles. The lowest BCUT2D eigenvalue weighted by atomic mass is 10.3.